The molecule has 0 saturated heterocycles. The zero-order valence-corrected chi connectivity index (χ0v) is 36.2. The minimum absolute atomic E-state index is 0.00106. The van der Waals surface area contributed by atoms with Crippen LogP contribution in [-0.4, -0.2) is 31.0 Å². The summed E-state index contributed by atoms with van der Waals surface area (Å²) in [5.74, 6) is 2.24. The highest BCUT2D eigenvalue weighted by molar-refractivity contribution is 7.74. The van der Waals surface area contributed by atoms with Crippen LogP contribution in [0, 0.1) is 34.5 Å². The maximum atomic E-state index is 15.2. The lowest BCUT2D eigenvalue weighted by Crippen LogP contribution is -2.46. The monoisotopic (exact) mass is 708 g/mol. The van der Waals surface area contributed by atoms with Crippen LogP contribution in [0.5, 0.6) is 0 Å². The van der Waals surface area contributed by atoms with E-state index >= 15 is 4.57 Å². The smallest absolute Gasteiger partial charge is 0.261 e. The SMILES string of the molecule is C=C1C[C@@H]2[C@H](/C(O[SiH3])=C(/C)[C@@](C)(CCC(C)C)C(C)(C)C)[C@H](O[Si](C)(C)C(C)(C)C)C[C@@H]2C1OP(=O)(c1ccccc1)c1ccccc1. The number of hydrogen-bond donors (Lipinski definition) is 0. The second-order valence-electron chi connectivity index (χ2n) is 17.8. The molecule has 2 saturated carbocycles. The Morgan fingerprint density at radius 2 is 1.46 bits per heavy atom. The molecule has 7 heteroatoms. The number of fused-ring (bicyclic) bond motifs is 1. The highest BCUT2D eigenvalue weighted by Gasteiger charge is 2.58. The lowest BCUT2D eigenvalue weighted by molar-refractivity contribution is 0.0996. The second kappa shape index (κ2) is 14.5. The van der Waals surface area contributed by atoms with Crippen LogP contribution in [0.1, 0.15) is 94.9 Å². The molecule has 2 aromatic carbocycles. The van der Waals surface area contributed by atoms with E-state index in [1.807, 2.05) is 60.7 Å². The Balaban J connectivity index is 1.84. The van der Waals surface area contributed by atoms with E-state index < -0.39 is 15.7 Å². The van der Waals surface area contributed by atoms with Crippen molar-refractivity contribution in [3.8, 4) is 0 Å². The molecule has 0 heterocycles. The van der Waals surface area contributed by atoms with Crippen LogP contribution in [0.4, 0.5) is 0 Å². The molecule has 0 spiro atoms. The molecule has 0 amide bonds. The molecule has 4 rings (SSSR count). The summed E-state index contributed by atoms with van der Waals surface area (Å²) in [5, 5.41) is 1.52. The normalized spacial score (nSPS) is 25.6. The average Bonchev–Trinajstić information content (AvgIpc) is 3.49. The van der Waals surface area contributed by atoms with Crippen molar-refractivity contribution in [3.63, 3.8) is 0 Å². The van der Waals surface area contributed by atoms with Gasteiger partial charge in [0.1, 0.15) is 0 Å². The van der Waals surface area contributed by atoms with Crippen molar-refractivity contribution < 1.29 is 17.9 Å². The Kier molecular flexibility index (Phi) is 11.8. The highest BCUT2D eigenvalue weighted by atomic mass is 31.2. The molecule has 48 heavy (non-hydrogen) atoms. The highest BCUT2D eigenvalue weighted by Crippen LogP contribution is 2.61. The van der Waals surface area contributed by atoms with Gasteiger partial charge in [0.2, 0.25) is 10.5 Å². The van der Waals surface area contributed by atoms with Gasteiger partial charge in [-0.15, -0.1) is 0 Å². The topological polar surface area (TPSA) is 44.8 Å². The minimum atomic E-state index is -3.41. The molecule has 6 atom stereocenters. The zero-order chi connectivity index (χ0) is 35.9. The van der Waals surface area contributed by atoms with Gasteiger partial charge in [0.15, 0.2) is 8.32 Å². The summed E-state index contributed by atoms with van der Waals surface area (Å²) >= 11 is 0. The quantitative estimate of drug-likeness (QED) is 0.0953. The standard InChI is InChI=1S/C41H65O4PSi2/c1-28(2)24-25-41(11,39(5,6)7)30(4)38(44-47)36-33-26-29(3)37(34(33)27-35(36)45-48(12,13)40(8,9)10)43-46(42,31-20-16-14-17-21-31)32-22-18-15-19-23-32/h14-23,28,33-37H,3,24-27H2,1-2,4-13,47H3/b38-30+/t33-,34-,35+,36-,37?,41+/m0/s1. The lowest BCUT2D eigenvalue weighted by Gasteiger charge is -2.46. The van der Waals surface area contributed by atoms with Gasteiger partial charge in [0.25, 0.3) is 7.37 Å². The fourth-order valence-electron chi connectivity index (χ4n) is 7.87. The molecule has 1 unspecified atom stereocenters. The van der Waals surface area contributed by atoms with E-state index in [0.29, 0.717) is 16.4 Å². The van der Waals surface area contributed by atoms with E-state index in [4.69, 9.17) is 13.4 Å². The van der Waals surface area contributed by atoms with E-state index in [0.717, 1.165) is 41.2 Å². The van der Waals surface area contributed by atoms with Crippen LogP contribution in [0.3, 0.4) is 0 Å². The average molecular weight is 709 g/mol. The molecule has 0 radical (unpaired) electrons. The maximum Gasteiger partial charge on any atom is 0.261 e. The predicted molar refractivity (Wildman–Crippen MR) is 211 cm³/mol. The summed E-state index contributed by atoms with van der Waals surface area (Å²) in [7, 11) is -4.95. The van der Waals surface area contributed by atoms with Crippen molar-refractivity contribution in [2.24, 2.45) is 34.5 Å². The molecular formula is C41H65O4PSi2. The molecule has 0 bridgehead atoms. The van der Waals surface area contributed by atoms with Crippen LogP contribution < -0.4 is 10.6 Å². The summed E-state index contributed by atoms with van der Waals surface area (Å²) in [4.78, 5) is 0. The number of benzene rings is 2. The Bertz CT molecular complexity index is 1440. The molecule has 0 aliphatic heterocycles. The molecule has 2 fully saturated rings. The van der Waals surface area contributed by atoms with Crippen molar-refractivity contribution >= 4 is 36.8 Å². The second-order valence-corrected chi connectivity index (χ2v) is 25.3. The fraction of sp³-hybridized carbons (Fsp3) is 0.610. The van der Waals surface area contributed by atoms with Gasteiger partial charge in [-0.25, -0.2) is 0 Å². The van der Waals surface area contributed by atoms with Crippen molar-refractivity contribution in [2.45, 2.75) is 125 Å². The number of hydrogen-bond acceptors (Lipinski definition) is 4. The van der Waals surface area contributed by atoms with Gasteiger partial charge in [0.05, 0.1) is 18.0 Å². The summed E-state index contributed by atoms with van der Waals surface area (Å²) in [5.41, 5.74) is 2.41. The number of rotatable bonds is 12. The first-order valence-electron chi connectivity index (χ1n) is 18.2. The summed E-state index contributed by atoms with van der Waals surface area (Å²) in [6.07, 6.45) is 3.61. The molecule has 0 N–H and O–H groups in total. The molecule has 0 aromatic heterocycles. The Morgan fingerprint density at radius 3 is 1.90 bits per heavy atom. The van der Waals surface area contributed by atoms with E-state index in [1.54, 1.807) is 0 Å². The Hall–Kier alpha value is -1.70. The molecule has 2 aliphatic carbocycles. The third-order valence-electron chi connectivity index (χ3n) is 12.5. The molecule has 4 nitrogen and oxygen atoms in total. The summed E-state index contributed by atoms with van der Waals surface area (Å²) in [6, 6.07) is 19.5. The van der Waals surface area contributed by atoms with Crippen molar-refractivity contribution in [1.29, 1.82) is 0 Å². The van der Waals surface area contributed by atoms with E-state index in [9.17, 15) is 0 Å². The van der Waals surface area contributed by atoms with E-state index in [2.05, 4.69) is 88.9 Å². The first-order chi connectivity index (χ1) is 22.2. The molecule has 2 aliphatic rings. The van der Waals surface area contributed by atoms with Gasteiger partial charge >= 0.3 is 0 Å². The first kappa shape index (κ1) is 39.1. The van der Waals surface area contributed by atoms with Crippen LogP contribution >= 0.6 is 7.37 Å². The first-order valence-corrected chi connectivity index (χ1v) is 23.5. The van der Waals surface area contributed by atoms with Crippen LogP contribution in [0.15, 0.2) is 84.1 Å². The van der Waals surface area contributed by atoms with Gasteiger partial charge in [-0.3, -0.25) is 4.57 Å². The van der Waals surface area contributed by atoms with Gasteiger partial charge < -0.3 is 13.4 Å². The van der Waals surface area contributed by atoms with Crippen LogP contribution in [0.2, 0.25) is 18.1 Å². The third kappa shape index (κ3) is 7.64. The molecule has 2 aromatic rings. The van der Waals surface area contributed by atoms with Gasteiger partial charge in [-0.05, 0) is 108 Å². The maximum absolute atomic E-state index is 15.2. The Morgan fingerprint density at radius 1 is 0.938 bits per heavy atom. The van der Waals surface area contributed by atoms with Gasteiger partial charge in [-0.1, -0.05) is 112 Å². The van der Waals surface area contributed by atoms with Crippen molar-refractivity contribution in [1.82, 2.24) is 0 Å². The van der Waals surface area contributed by atoms with Crippen LogP contribution in [-0.2, 0) is 17.9 Å². The number of allylic oxidation sites excluding steroid dienone is 1. The summed E-state index contributed by atoms with van der Waals surface area (Å²) < 4.78 is 36.3. The van der Waals surface area contributed by atoms with E-state index in [1.165, 1.54) is 12.0 Å². The Labute approximate surface area is 297 Å². The third-order valence-corrected chi connectivity index (χ3v) is 19.9. The zero-order valence-electron chi connectivity index (χ0n) is 32.4. The molecular weight excluding hydrogens is 644 g/mol. The van der Waals surface area contributed by atoms with Crippen LogP contribution in [0.25, 0.3) is 0 Å². The predicted octanol–water partition coefficient (Wildman–Crippen LogP) is 9.96. The van der Waals surface area contributed by atoms with Crippen molar-refractivity contribution in [2.75, 3.05) is 0 Å². The van der Waals surface area contributed by atoms with Gasteiger partial charge in [-0.2, -0.15) is 0 Å². The molecule has 266 valence electrons. The lowest BCUT2D eigenvalue weighted by atomic mass is 9.60. The fourth-order valence-corrected chi connectivity index (χ4v) is 12.1. The minimum Gasteiger partial charge on any atom is -0.556 e. The summed E-state index contributed by atoms with van der Waals surface area (Å²) in [6.45, 7) is 32.9. The van der Waals surface area contributed by atoms with Gasteiger partial charge in [0, 0.05) is 16.5 Å². The van der Waals surface area contributed by atoms with E-state index in [-0.39, 0.29) is 45.8 Å². The largest absolute Gasteiger partial charge is 0.556 e. The van der Waals surface area contributed by atoms with Crippen molar-refractivity contribution in [3.05, 3.63) is 84.1 Å².